The van der Waals surface area contributed by atoms with Crippen LogP contribution in [-0.2, 0) is 16.0 Å². The van der Waals surface area contributed by atoms with Gasteiger partial charge in [0.2, 0.25) is 11.8 Å². The fourth-order valence-electron chi connectivity index (χ4n) is 2.16. The number of rotatable bonds is 6. The van der Waals surface area contributed by atoms with E-state index in [1.807, 2.05) is 0 Å². The van der Waals surface area contributed by atoms with E-state index < -0.39 is 11.7 Å². The third-order valence-corrected chi connectivity index (χ3v) is 3.46. The Kier molecular flexibility index (Phi) is 6.01. The van der Waals surface area contributed by atoms with Crippen LogP contribution in [0.2, 0.25) is 0 Å². The zero-order valence-electron chi connectivity index (χ0n) is 13.3. The molecular weight excluding hydrogens is 314 g/mol. The summed E-state index contributed by atoms with van der Waals surface area (Å²) in [5.41, 5.74) is 1.19. The Morgan fingerprint density at radius 2 is 1.75 bits per heavy atom. The van der Waals surface area contributed by atoms with Gasteiger partial charge in [0, 0.05) is 19.2 Å². The highest BCUT2D eigenvalue weighted by molar-refractivity contribution is 5.94. The van der Waals surface area contributed by atoms with Crippen molar-refractivity contribution < 1.29 is 18.4 Å². The molecule has 0 radical (unpaired) electrons. The fourth-order valence-corrected chi connectivity index (χ4v) is 2.16. The first-order chi connectivity index (χ1) is 11.4. The largest absolute Gasteiger partial charge is 0.336 e. The van der Waals surface area contributed by atoms with Crippen molar-refractivity contribution in [3.63, 3.8) is 0 Å². The molecule has 6 heteroatoms. The molecule has 0 atom stereocenters. The van der Waals surface area contributed by atoms with Gasteiger partial charge in [-0.25, -0.2) is 8.78 Å². The second kappa shape index (κ2) is 8.19. The van der Waals surface area contributed by atoms with Crippen molar-refractivity contribution in [3.8, 4) is 0 Å². The molecule has 0 saturated carbocycles. The van der Waals surface area contributed by atoms with Crippen molar-refractivity contribution in [1.82, 2.24) is 4.90 Å². The Balaban J connectivity index is 1.80. The zero-order valence-corrected chi connectivity index (χ0v) is 13.3. The molecule has 0 fully saturated rings. The second-order valence-corrected chi connectivity index (χ2v) is 5.43. The molecule has 0 aromatic heterocycles. The van der Waals surface area contributed by atoms with Gasteiger partial charge in [0.1, 0.15) is 11.6 Å². The number of aryl methyl sites for hydroxylation is 1. The molecule has 0 aliphatic carbocycles. The molecule has 126 valence electrons. The van der Waals surface area contributed by atoms with Crippen LogP contribution in [0.4, 0.5) is 14.5 Å². The molecule has 0 bridgehead atoms. The number of hydrogen-bond acceptors (Lipinski definition) is 2. The van der Waals surface area contributed by atoms with E-state index >= 15 is 0 Å². The molecule has 0 heterocycles. The lowest BCUT2D eigenvalue weighted by Gasteiger charge is -2.17. The van der Waals surface area contributed by atoms with Crippen LogP contribution >= 0.6 is 0 Å². The van der Waals surface area contributed by atoms with Crippen LogP contribution in [0.15, 0.2) is 48.5 Å². The molecule has 1 N–H and O–H groups in total. The van der Waals surface area contributed by atoms with Gasteiger partial charge in [-0.3, -0.25) is 9.59 Å². The summed E-state index contributed by atoms with van der Waals surface area (Å²) in [6, 6.07) is 11.5. The van der Waals surface area contributed by atoms with Gasteiger partial charge in [0.25, 0.3) is 0 Å². The normalized spacial score (nSPS) is 10.3. The molecular formula is C18H18F2N2O2. The van der Waals surface area contributed by atoms with Crippen molar-refractivity contribution >= 4 is 17.5 Å². The van der Waals surface area contributed by atoms with Crippen LogP contribution < -0.4 is 5.32 Å². The summed E-state index contributed by atoms with van der Waals surface area (Å²) in [4.78, 5) is 25.2. The molecule has 0 aliphatic heterocycles. The summed E-state index contributed by atoms with van der Waals surface area (Å²) in [5, 5.41) is 2.53. The molecule has 2 aromatic rings. The number of likely N-dealkylation sites (N-methyl/N-ethyl adjacent to an activating group) is 1. The predicted molar refractivity (Wildman–Crippen MR) is 87.4 cm³/mol. The third kappa shape index (κ3) is 5.46. The lowest BCUT2D eigenvalue weighted by atomic mass is 10.1. The first kappa shape index (κ1) is 17.6. The van der Waals surface area contributed by atoms with E-state index in [0.29, 0.717) is 12.1 Å². The van der Waals surface area contributed by atoms with Gasteiger partial charge in [-0.05, 0) is 42.3 Å². The smallest absolute Gasteiger partial charge is 0.243 e. The minimum atomic E-state index is -0.448. The number of amides is 2. The van der Waals surface area contributed by atoms with Crippen molar-refractivity contribution in [2.45, 2.75) is 12.8 Å². The second-order valence-electron chi connectivity index (χ2n) is 5.43. The molecule has 24 heavy (non-hydrogen) atoms. The SMILES string of the molecule is CN(CC(=O)Nc1cccc(F)c1)C(=O)CCc1ccc(F)cc1. The van der Waals surface area contributed by atoms with Crippen molar-refractivity contribution in [2.24, 2.45) is 0 Å². The standard InChI is InChI=1S/C18H18F2N2O2/c1-22(12-17(23)21-16-4-2-3-15(20)11-16)18(24)10-7-13-5-8-14(19)9-6-13/h2-6,8-9,11H,7,10,12H2,1H3,(H,21,23). The number of anilines is 1. The number of carbonyl (C=O) groups is 2. The van der Waals surface area contributed by atoms with Crippen molar-refractivity contribution in [3.05, 3.63) is 65.7 Å². The highest BCUT2D eigenvalue weighted by Crippen LogP contribution is 2.09. The first-order valence-electron chi connectivity index (χ1n) is 7.48. The van der Waals surface area contributed by atoms with E-state index in [-0.39, 0.29) is 24.7 Å². The quantitative estimate of drug-likeness (QED) is 0.884. The van der Waals surface area contributed by atoms with Gasteiger partial charge in [0.15, 0.2) is 0 Å². The van der Waals surface area contributed by atoms with E-state index in [4.69, 9.17) is 0 Å². The van der Waals surface area contributed by atoms with Crippen LogP contribution in [0, 0.1) is 11.6 Å². The molecule has 0 unspecified atom stereocenters. The average Bonchev–Trinajstić information content (AvgIpc) is 2.53. The van der Waals surface area contributed by atoms with Gasteiger partial charge in [-0.15, -0.1) is 0 Å². The van der Waals surface area contributed by atoms with Crippen molar-refractivity contribution in [2.75, 3.05) is 18.9 Å². The summed E-state index contributed by atoms with van der Waals surface area (Å²) >= 11 is 0. The Morgan fingerprint density at radius 3 is 2.42 bits per heavy atom. The number of nitrogens with one attached hydrogen (secondary N) is 1. The molecule has 2 aromatic carbocycles. The molecule has 0 spiro atoms. The van der Waals surface area contributed by atoms with Crippen LogP contribution in [0.25, 0.3) is 0 Å². The predicted octanol–water partition coefficient (Wildman–Crippen LogP) is 2.99. The molecule has 2 rings (SSSR count). The summed E-state index contributed by atoms with van der Waals surface area (Å²) in [7, 11) is 1.53. The maximum absolute atomic E-state index is 13.1. The number of halogens is 2. The maximum Gasteiger partial charge on any atom is 0.243 e. The van der Waals surface area contributed by atoms with Crippen LogP contribution in [-0.4, -0.2) is 30.3 Å². The van der Waals surface area contributed by atoms with Gasteiger partial charge in [-0.1, -0.05) is 18.2 Å². The molecule has 2 amide bonds. The number of nitrogens with zero attached hydrogens (tertiary/aromatic N) is 1. The van der Waals surface area contributed by atoms with E-state index in [1.54, 1.807) is 18.2 Å². The van der Waals surface area contributed by atoms with Crippen molar-refractivity contribution in [1.29, 1.82) is 0 Å². The summed E-state index contributed by atoms with van der Waals surface area (Å²) < 4.78 is 25.9. The molecule has 0 aliphatic rings. The third-order valence-electron chi connectivity index (χ3n) is 3.46. The highest BCUT2D eigenvalue weighted by atomic mass is 19.1. The Hall–Kier alpha value is -2.76. The zero-order chi connectivity index (χ0) is 17.5. The van der Waals surface area contributed by atoms with Gasteiger partial charge in [0.05, 0.1) is 6.54 Å². The van der Waals surface area contributed by atoms with E-state index in [2.05, 4.69) is 5.32 Å². The Labute approximate surface area is 139 Å². The molecule has 0 saturated heterocycles. The lowest BCUT2D eigenvalue weighted by Crippen LogP contribution is -2.35. The average molecular weight is 332 g/mol. The fraction of sp³-hybridized carbons (Fsp3) is 0.222. The molecule has 4 nitrogen and oxygen atoms in total. The minimum Gasteiger partial charge on any atom is -0.336 e. The van der Waals surface area contributed by atoms with E-state index in [9.17, 15) is 18.4 Å². The number of carbonyl (C=O) groups excluding carboxylic acids is 2. The van der Waals surface area contributed by atoms with Gasteiger partial charge in [-0.2, -0.15) is 0 Å². The van der Waals surface area contributed by atoms with Crippen LogP contribution in [0.3, 0.4) is 0 Å². The number of hydrogen-bond donors (Lipinski definition) is 1. The van der Waals surface area contributed by atoms with E-state index in [0.717, 1.165) is 5.56 Å². The topological polar surface area (TPSA) is 49.4 Å². The minimum absolute atomic E-state index is 0.126. The van der Waals surface area contributed by atoms with Crippen LogP contribution in [0.1, 0.15) is 12.0 Å². The summed E-state index contributed by atoms with van der Waals surface area (Å²) in [5.74, 6) is -1.38. The highest BCUT2D eigenvalue weighted by Gasteiger charge is 2.13. The first-order valence-corrected chi connectivity index (χ1v) is 7.48. The summed E-state index contributed by atoms with van der Waals surface area (Å²) in [6.07, 6.45) is 0.685. The van der Waals surface area contributed by atoms with Gasteiger partial charge < -0.3 is 10.2 Å². The summed E-state index contributed by atoms with van der Waals surface area (Å²) in [6.45, 7) is -0.126. The Morgan fingerprint density at radius 1 is 1.04 bits per heavy atom. The monoisotopic (exact) mass is 332 g/mol. The lowest BCUT2D eigenvalue weighted by molar-refractivity contribution is -0.133. The maximum atomic E-state index is 13.1. The Bertz CT molecular complexity index is 717. The van der Waals surface area contributed by atoms with E-state index in [1.165, 1.54) is 42.3 Å². The number of benzene rings is 2. The van der Waals surface area contributed by atoms with Crippen LogP contribution in [0.5, 0.6) is 0 Å². The van der Waals surface area contributed by atoms with Gasteiger partial charge >= 0.3 is 0 Å².